The Balaban J connectivity index is 0.00000288. The van der Waals surface area contributed by atoms with E-state index in [2.05, 4.69) is 10.3 Å². The highest BCUT2D eigenvalue weighted by Gasteiger charge is 2.31. The van der Waals surface area contributed by atoms with Gasteiger partial charge in [0.2, 0.25) is 0 Å². The van der Waals surface area contributed by atoms with Crippen molar-refractivity contribution in [1.82, 2.24) is 10.2 Å². The standard InChI is InChI=1S/C16H23ClFN3OS.HI/c1-3-19-15(20-10-16(22)7-8-23-11-16)21(2)9-12-13(17)5-4-6-14(12)18;/h4-6,22H,3,7-11H2,1-2H3,(H,19,20);1H. The molecule has 0 aliphatic carbocycles. The molecular weight excluding hydrogens is 464 g/mol. The Morgan fingerprint density at radius 1 is 1.54 bits per heavy atom. The number of nitrogens with one attached hydrogen (secondary N) is 1. The number of aliphatic hydroxyl groups is 1. The zero-order valence-corrected chi connectivity index (χ0v) is 17.8. The molecule has 1 aromatic carbocycles. The van der Waals surface area contributed by atoms with Crippen LogP contribution in [0.4, 0.5) is 4.39 Å². The van der Waals surface area contributed by atoms with E-state index in [-0.39, 0.29) is 29.8 Å². The van der Waals surface area contributed by atoms with E-state index in [0.717, 1.165) is 12.2 Å². The van der Waals surface area contributed by atoms with Crippen molar-refractivity contribution >= 4 is 53.3 Å². The summed E-state index contributed by atoms with van der Waals surface area (Å²) in [4.78, 5) is 6.34. The summed E-state index contributed by atoms with van der Waals surface area (Å²) >= 11 is 7.83. The van der Waals surface area contributed by atoms with Gasteiger partial charge in [-0.1, -0.05) is 17.7 Å². The minimum atomic E-state index is -0.734. The Kier molecular flexibility index (Phi) is 9.11. The van der Waals surface area contributed by atoms with Crippen molar-refractivity contribution in [2.75, 3.05) is 31.6 Å². The minimum Gasteiger partial charge on any atom is -0.387 e. The van der Waals surface area contributed by atoms with Gasteiger partial charge in [-0.25, -0.2) is 4.39 Å². The second kappa shape index (κ2) is 10.0. The Hall–Kier alpha value is -0.250. The molecule has 8 heteroatoms. The van der Waals surface area contributed by atoms with Crippen molar-refractivity contribution in [3.05, 3.63) is 34.6 Å². The van der Waals surface area contributed by atoms with Crippen molar-refractivity contribution in [3.63, 3.8) is 0 Å². The fourth-order valence-electron chi connectivity index (χ4n) is 2.41. The summed E-state index contributed by atoms with van der Waals surface area (Å²) in [6.07, 6.45) is 0.753. The molecule has 0 saturated carbocycles. The summed E-state index contributed by atoms with van der Waals surface area (Å²) in [7, 11) is 1.83. The van der Waals surface area contributed by atoms with Crippen LogP contribution in [0, 0.1) is 5.82 Å². The Labute approximate surface area is 169 Å². The molecule has 1 atom stereocenters. The fraction of sp³-hybridized carbons (Fsp3) is 0.562. The van der Waals surface area contributed by atoms with Crippen LogP contribution in [0.15, 0.2) is 23.2 Å². The quantitative estimate of drug-likeness (QED) is 0.380. The van der Waals surface area contributed by atoms with E-state index in [1.807, 2.05) is 18.9 Å². The van der Waals surface area contributed by atoms with E-state index >= 15 is 0 Å². The van der Waals surface area contributed by atoms with Crippen LogP contribution >= 0.6 is 47.3 Å². The second-order valence-corrected chi connectivity index (χ2v) is 7.27. The van der Waals surface area contributed by atoms with Crippen LogP contribution in [0.5, 0.6) is 0 Å². The number of halogens is 3. The normalized spacial score (nSPS) is 20.6. The molecule has 1 aliphatic rings. The summed E-state index contributed by atoms with van der Waals surface area (Å²) in [6, 6.07) is 4.67. The van der Waals surface area contributed by atoms with Gasteiger partial charge in [-0.05, 0) is 31.2 Å². The molecule has 1 saturated heterocycles. The maximum Gasteiger partial charge on any atom is 0.194 e. The summed E-state index contributed by atoms with van der Waals surface area (Å²) < 4.78 is 13.9. The fourth-order valence-corrected chi connectivity index (χ4v) is 3.92. The lowest BCUT2D eigenvalue weighted by molar-refractivity contribution is 0.0776. The first-order chi connectivity index (χ1) is 10.9. The lowest BCUT2D eigenvalue weighted by Gasteiger charge is -2.25. The third kappa shape index (κ3) is 5.93. The van der Waals surface area contributed by atoms with Crippen molar-refractivity contribution in [2.45, 2.75) is 25.5 Å². The number of aliphatic imine (C=N–C) groups is 1. The molecule has 1 aromatic rings. The van der Waals surface area contributed by atoms with E-state index in [9.17, 15) is 9.50 Å². The van der Waals surface area contributed by atoms with Crippen LogP contribution in [-0.4, -0.2) is 53.2 Å². The average molecular weight is 488 g/mol. The van der Waals surface area contributed by atoms with Crippen molar-refractivity contribution in [1.29, 1.82) is 0 Å². The maximum absolute atomic E-state index is 13.9. The van der Waals surface area contributed by atoms with Crippen molar-refractivity contribution < 1.29 is 9.50 Å². The van der Waals surface area contributed by atoms with Gasteiger partial charge in [0, 0.05) is 36.5 Å². The van der Waals surface area contributed by atoms with Gasteiger partial charge in [0.15, 0.2) is 5.96 Å². The molecular formula is C16H24ClFIN3OS. The summed E-state index contributed by atoms with van der Waals surface area (Å²) in [5.74, 6) is 1.98. The van der Waals surface area contributed by atoms with Crippen molar-refractivity contribution in [2.24, 2.45) is 4.99 Å². The van der Waals surface area contributed by atoms with Crippen LogP contribution in [0.3, 0.4) is 0 Å². The topological polar surface area (TPSA) is 47.9 Å². The molecule has 2 N–H and O–H groups in total. The first-order valence-electron chi connectivity index (χ1n) is 7.67. The molecule has 1 unspecified atom stereocenters. The Morgan fingerprint density at radius 2 is 2.29 bits per heavy atom. The van der Waals surface area contributed by atoms with Crippen LogP contribution in [0.1, 0.15) is 18.9 Å². The molecule has 0 amide bonds. The number of benzene rings is 1. The molecule has 2 rings (SSSR count). The maximum atomic E-state index is 13.9. The highest BCUT2D eigenvalue weighted by atomic mass is 127. The summed E-state index contributed by atoms with van der Waals surface area (Å²) in [5, 5.41) is 14.0. The van der Waals surface area contributed by atoms with E-state index in [1.54, 1.807) is 23.9 Å². The largest absolute Gasteiger partial charge is 0.387 e. The highest BCUT2D eigenvalue weighted by molar-refractivity contribution is 14.0. The first kappa shape index (κ1) is 21.8. The average Bonchev–Trinajstić information content (AvgIpc) is 2.94. The van der Waals surface area contributed by atoms with E-state index in [1.165, 1.54) is 6.07 Å². The predicted molar refractivity (Wildman–Crippen MR) is 111 cm³/mol. The van der Waals surface area contributed by atoms with Crippen LogP contribution in [0.2, 0.25) is 5.02 Å². The van der Waals surface area contributed by atoms with Crippen molar-refractivity contribution in [3.8, 4) is 0 Å². The number of hydrogen-bond donors (Lipinski definition) is 2. The molecule has 1 aliphatic heterocycles. The molecule has 0 radical (unpaired) electrons. The molecule has 24 heavy (non-hydrogen) atoms. The molecule has 0 bridgehead atoms. The van der Waals surface area contributed by atoms with Gasteiger partial charge < -0.3 is 15.3 Å². The van der Waals surface area contributed by atoms with E-state index in [0.29, 0.717) is 41.9 Å². The van der Waals surface area contributed by atoms with Gasteiger partial charge in [-0.15, -0.1) is 24.0 Å². The van der Waals surface area contributed by atoms with Crippen LogP contribution in [0.25, 0.3) is 0 Å². The van der Waals surface area contributed by atoms with Gasteiger partial charge in [0.05, 0.1) is 12.1 Å². The molecule has 1 fully saturated rings. The molecule has 0 spiro atoms. The Bertz CT molecular complexity index is 550. The second-order valence-electron chi connectivity index (χ2n) is 5.75. The first-order valence-corrected chi connectivity index (χ1v) is 9.21. The highest BCUT2D eigenvalue weighted by Crippen LogP contribution is 2.28. The smallest absolute Gasteiger partial charge is 0.194 e. The lowest BCUT2D eigenvalue weighted by atomic mass is 10.0. The van der Waals surface area contributed by atoms with Gasteiger partial charge in [-0.3, -0.25) is 4.99 Å². The lowest BCUT2D eigenvalue weighted by Crippen LogP contribution is -2.41. The van der Waals surface area contributed by atoms with Gasteiger partial charge in [0.1, 0.15) is 5.82 Å². The number of hydrogen-bond acceptors (Lipinski definition) is 3. The molecule has 4 nitrogen and oxygen atoms in total. The van der Waals surface area contributed by atoms with E-state index in [4.69, 9.17) is 11.6 Å². The van der Waals surface area contributed by atoms with E-state index < -0.39 is 5.60 Å². The SMILES string of the molecule is CCNC(=NCC1(O)CCSC1)N(C)Cc1c(F)cccc1Cl.I. The Morgan fingerprint density at radius 3 is 2.88 bits per heavy atom. The monoisotopic (exact) mass is 487 g/mol. The zero-order valence-electron chi connectivity index (χ0n) is 13.9. The number of nitrogens with zero attached hydrogens (tertiary/aromatic N) is 2. The predicted octanol–water partition coefficient (Wildman–Crippen LogP) is 3.36. The van der Waals surface area contributed by atoms with Gasteiger partial charge in [0.25, 0.3) is 0 Å². The number of rotatable bonds is 5. The summed E-state index contributed by atoms with van der Waals surface area (Å²) in [6.45, 7) is 3.32. The van der Waals surface area contributed by atoms with Crippen LogP contribution in [-0.2, 0) is 6.54 Å². The van der Waals surface area contributed by atoms with Gasteiger partial charge in [-0.2, -0.15) is 11.8 Å². The molecule has 136 valence electrons. The molecule has 0 aromatic heterocycles. The number of thioether (sulfide) groups is 1. The third-order valence-corrected chi connectivity index (χ3v) is 5.35. The van der Waals surface area contributed by atoms with Gasteiger partial charge >= 0.3 is 0 Å². The van der Waals surface area contributed by atoms with Crippen LogP contribution < -0.4 is 5.32 Å². The number of guanidine groups is 1. The third-order valence-electron chi connectivity index (χ3n) is 3.76. The minimum absolute atomic E-state index is 0. The summed E-state index contributed by atoms with van der Waals surface area (Å²) in [5.41, 5.74) is -0.292. The zero-order chi connectivity index (χ0) is 16.9. The molecule has 1 heterocycles.